The number of amides is 2. The molecule has 0 saturated carbocycles. The molecule has 0 unspecified atom stereocenters. The third-order valence-corrected chi connectivity index (χ3v) is 3.91. The van der Waals surface area contributed by atoms with E-state index in [-0.39, 0.29) is 29.0 Å². The molecule has 0 aliphatic rings. The van der Waals surface area contributed by atoms with Crippen molar-refractivity contribution in [3.8, 4) is 5.75 Å². The summed E-state index contributed by atoms with van der Waals surface area (Å²) >= 11 is 0. The van der Waals surface area contributed by atoms with Gasteiger partial charge in [-0.2, -0.15) is 0 Å². The Balaban J connectivity index is 2.67. The molecule has 0 radical (unpaired) electrons. The Labute approximate surface area is 139 Å². The lowest BCUT2D eigenvalue weighted by atomic mass is 10.00. The predicted molar refractivity (Wildman–Crippen MR) is 89.2 cm³/mol. The van der Waals surface area contributed by atoms with E-state index < -0.39 is 11.5 Å². The molecular formula is C17H20N2O5. The number of nitrogens with zero attached hydrogens (tertiary/aromatic N) is 1. The van der Waals surface area contributed by atoms with Crippen LogP contribution in [0.15, 0.2) is 27.4 Å². The van der Waals surface area contributed by atoms with Gasteiger partial charge in [0.25, 0.3) is 5.91 Å². The predicted octanol–water partition coefficient (Wildman–Crippen LogP) is 1.31. The molecule has 2 N–H and O–H groups in total. The summed E-state index contributed by atoms with van der Waals surface area (Å²) in [6, 6.07) is 4.85. The van der Waals surface area contributed by atoms with Crippen LogP contribution in [0.1, 0.15) is 29.8 Å². The summed E-state index contributed by atoms with van der Waals surface area (Å²) < 4.78 is 10.3. The van der Waals surface area contributed by atoms with Crippen molar-refractivity contribution >= 4 is 22.8 Å². The average molecular weight is 332 g/mol. The van der Waals surface area contributed by atoms with E-state index in [1.807, 2.05) is 13.8 Å². The van der Waals surface area contributed by atoms with Crippen LogP contribution in [0.4, 0.5) is 0 Å². The summed E-state index contributed by atoms with van der Waals surface area (Å²) in [5.41, 5.74) is 4.72. The average Bonchev–Trinajstić information content (AvgIpc) is 2.54. The highest BCUT2D eigenvalue weighted by molar-refractivity contribution is 6.00. The largest absolute Gasteiger partial charge is 0.497 e. The highest BCUT2D eigenvalue weighted by Gasteiger charge is 2.23. The lowest BCUT2D eigenvalue weighted by molar-refractivity contribution is -0.130. The van der Waals surface area contributed by atoms with Crippen LogP contribution < -0.4 is 16.1 Å². The highest BCUT2D eigenvalue weighted by Crippen LogP contribution is 2.25. The van der Waals surface area contributed by atoms with Crippen molar-refractivity contribution < 1.29 is 18.7 Å². The monoisotopic (exact) mass is 332 g/mol. The third kappa shape index (κ3) is 3.24. The molecule has 0 aliphatic carbocycles. The number of fused-ring (bicyclic) bond motifs is 1. The first-order valence-corrected chi connectivity index (χ1v) is 7.64. The van der Waals surface area contributed by atoms with E-state index in [1.54, 1.807) is 17.0 Å². The van der Waals surface area contributed by atoms with E-state index in [0.717, 1.165) is 0 Å². The van der Waals surface area contributed by atoms with Crippen molar-refractivity contribution in [2.75, 3.05) is 20.2 Å². The molecule has 2 aromatic rings. The van der Waals surface area contributed by atoms with E-state index in [9.17, 15) is 14.4 Å². The second kappa shape index (κ2) is 7.16. The number of hydrogen-bond donors (Lipinski definition) is 1. The molecule has 7 heteroatoms. The second-order valence-corrected chi connectivity index (χ2v) is 5.21. The summed E-state index contributed by atoms with van der Waals surface area (Å²) in [5, 5.41) is 0.490. The van der Waals surface area contributed by atoms with E-state index in [2.05, 4.69) is 0 Å². The third-order valence-electron chi connectivity index (χ3n) is 3.91. The fourth-order valence-electron chi connectivity index (χ4n) is 2.64. The molecule has 1 heterocycles. The first kappa shape index (κ1) is 17.5. The molecule has 2 amide bonds. The molecule has 1 aromatic carbocycles. The van der Waals surface area contributed by atoms with Crippen molar-refractivity contribution in [3.63, 3.8) is 0 Å². The molecule has 1 aromatic heterocycles. The van der Waals surface area contributed by atoms with Gasteiger partial charge in [0.1, 0.15) is 16.9 Å². The summed E-state index contributed by atoms with van der Waals surface area (Å²) in [6.07, 6.45) is -0.103. The summed E-state index contributed by atoms with van der Waals surface area (Å²) in [6.45, 7) is 4.79. The van der Waals surface area contributed by atoms with Crippen LogP contribution in [0.5, 0.6) is 5.75 Å². The van der Waals surface area contributed by atoms with Crippen molar-refractivity contribution in [3.05, 3.63) is 39.7 Å². The number of carbonyl (C=O) groups excluding carboxylic acids is 2. The topological polar surface area (TPSA) is 103 Å². The molecule has 0 aliphatic heterocycles. The Kier molecular flexibility index (Phi) is 5.23. The Morgan fingerprint density at radius 2 is 1.92 bits per heavy atom. The summed E-state index contributed by atoms with van der Waals surface area (Å²) in [5.74, 6) is -0.604. The van der Waals surface area contributed by atoms with Crippen molar-refractivity contribution in [1.29, 1.82) is 0 Å². The van der Waals surface area contributed by atoms with Crippen molar-refractivity contribution in [2.45, 2.75) is 20.3 Å². The van der Waals surface area contributed by atoms with Gasteiger partial charge in [-0.05, 0) is 31.5 Å². The number of ether oxygens (including phenoxy) is 1. The van der Waals surface area contributed by atoms with Crippen LogP contribution in [0.3, 0.4) is 0 Å². The van der Waals surface area contributed by atoms with Crippen molar-refractivity contribution in [1.82, 2.24) is 4.90 Å². The first-order valence-electron chi connectivity index (χ1n) is 7.64. The smallest absolute Gasteiger partial charge is 0.349 e. The highest BCUT2D eigenvalue weighted by atomic mass is 16.5. The van der Waals surface area contributed by atoms with E-state index in [0.29, 0.717) is 24.2 Å². The van der Waals surface area contributed by atoms with Crippen molar-refractivity contribution in [2.24, 2.45) is 5.73 Å². The normalized spacial score (nSPS) is 10.6. The van der Waals surface area contributed by atoms with Gasteiger partial charge >= 0.3 is 5.63 Å². The lowest BCUT2D eigenvalue weighted by Gasteiger charge is -2.19. The number of likely N-dealkylation sites (N-methyl/N-ethyl adjacent to an activating group) is 1. The van der Waals surface area contributed by atoms with Gasteiger partial charge in [-0.15, -0.1) is 0 Å². The number of methoxy groups -OCH3 is 1. The molecule has 0 spiro atoms. The van der Waals surface area contributed by atoms with E-state index in [1.165, 1.54) is 13.2 Å². The number of primary amides is 1. The maximum Gasteiger partial charge on any atom is 0.349 e. The zero-order chi connectivity index (χ0) is 17.9. The summed E-state index contributed by atoms with van der Waals surface area (Å²) in [4.78, 5) is 37.9. The van der Waals surface area contributed by atoms with Gasteiger partial charge in [0, 0.05) is 24.5 Å². The number of benzene rings is 1. The van der Waals surface area contributed by atoms with Gasteiger partial charge in [-0.3, -0.25) is 9.59 Å². The fraction of sp³-hybridized carbons (Fsp3) is 0.353. The molecule has 7 nitrogen and oxygen atoms in total. The second-order valence-electron chi connectivity index (χ2n) is 5.21. The molecule has 0 fully saturated rings. The van der Waals surface area contributed by atoms with Crippen LogP contribution in [0.2, 0.25) is 0 Å². The molecule has 0 saturated heterocycles. The molecule has 0 atom stereocenters. The Morgan fingerprint density at radius 1 is 1.25 bits per heavy atom. The van der Waals surface area contributed by atoms with E-state index in [4.69, 9.17) is 14.9 Å². The molecular weight excluding hydrogens is 312 g/mol. The zero-order valence-corrected chi connectivity index (χ0v) is 13.9. The van der Waals surface area contributed by atoms with Crippen LogP contribution in [0, 0.1) is 0 Å². The number of rotatable bonds is 6. The van der Waals surface area contributed by atoms with Gasteiger partial charge in [0.2, 0.25) is 5.91 Å². The van der Waals surface area contributed by atoms with Crippen LogP contribution in [-0.2, 0) is 11.2 Å². The number of nitrogens with two attached hydrogens (primary N) is 1. The zero-order valence-electron chi connectivity index (χ0n) is 13.9. The maximum atomic E-state index is 12.4. The first-order chi connectivity index (χ1) is 11.4. The summed E-state index contributed by atoms with van der Waals surface area (Å²) in [7, 11) is 1.49. The molecule has 24 heavy (non-hydrogen) atoms. The SMILES string of the molecule is CCN(CC)C(=O)Cc1c(C(N)=O)c(=O)oc2cc(OC)ccc12. The Morgan fingerprint density at radius 3 is 2.46 bits per heavy atom. The van der Waals surface area contributed by atoms with Crippen LogP contribution >= 0.6 is 0 Å². The van der Waals surface area contributed by atoms with Gasteiger partial charge in [-0.25, -0.2) is 4.79 Å². The number of carbonyl (C=O) groups is 2. The van der Waals surface area contributed by atoms with E-state index >= 15 is 0 Å². The van der Waals surface area contributed by atoms with Gasteiger partial charge in [-0.1, -0.05) is 0 Å². The number of hydrogen-bond acceptors (Lipinski definition) is 5. The van der Waals surface area contributed by atoms with Gasteiger partial charge in [0.05, 0.1) is 13.5 Å². The maximum absolute atomic E-state index is 12.4. The molecule has 128 valence electrons. The van der Waals surface area contributed by atoms with Crippen LogP contribution in [-0.4, -0.2) is 36.9 Å². The van der Waals surface area contributed by atoms with Crippen LogP contribution in [0.25, 0.3) is 11.0 Å². The Bertz CT molecular complexity index is 837. The lowest BCUT2D eigenvalue weighted by Crippen LogP contribution is -2.33. The quantitative estimate of drug-likeness (QED) is 0.803. The molecule has 0 bridgehead atoms. The fourth-order valence-corrected chi connectivity index (χ4v) is 2.64. The Hall–Kier alpha value is -2.83. The minimum atomic E-state index is -0.913. The minimum absolute atomic E-state index is 0.103. The standard InChI is InChI=1S/C17H20N2O5/c1-4-19(5-2)14(20)9-12-11-7-6-10(23-3)8-13(11)24-17(22)15(12)16(18)21/h6-8H,4-5,9H2,1-3H3,(H2,18,21). The molecule has 2 rings (SSSR count). The van der Waals surface area contributed by atoms with Gasteiger partial charge in [0.15, 0.2) is 0 Å². The minimum Gasteiger partial charge on any atom is -0.497 e. The van der Waals surface area contributed by atoms with Gasteiger partial charge < -0.3 is 19.8 Å².